The molecule has 5 rings (SSSR count). The lowest BCUT2D eigenvalue weighted by molar-refractivity contribution is -0.137. The number of anilines is 2. The van der Waals surface area contributed by atoms with Crippen molar-refractivity contribution in [3.63, 3.8) is 0 Å². The van der Waals surface area contributed by atoms with Gasteiger partial charge in [-0.3, -0.25) is 9.59 Å². The SMILES string of the molecule is CCc1c(N2CCNCC2C)c(=O)n2nc(C3=CCOCC3)nc2n1CC(=O)Nc1ccc(C(F)(F)F)cc1Cl. The van der Waals surface area contributed by atoms with Gasteiger partial charge < -0.3 is 24.8 Å². The zero-order valence-corrected chi connectivity index (χ0v) is 22.8. The molecule has 0 bridgehead atoms. The Balaban J connectivity index is 1.58. The van der Waals surface area contributed by atoms with E-state index in [9.17, 15) is 22.8 Å². The van der Waals surface area contributed by atoms with Gasteiger partial charge >= 0.3 is 6.18 Å². The van der Waals surface area contributed by atoms with Gasteiger partial charge in [0.05, 0.1) is 35.2 Å². The van der Waals surface area contributed by atoms with E-state index >= 15 is 0 Å². The van der Waals surface area contributed by atoms with Gasteiger partial charge in [0, 0.05) is 25.7 Å². The van der Waals surface area contributed by atoms with Crippen molar-refractivity contribution in [3.8, 4) is 0 Å². The van der Waals surface area contributed by atoms with Crippen LogP contribution < -0.4 is 21.1 Å². The van der Waals surface area contributed by atoms with Crippen LogP contribution in [0.25, 0.3) is 11.4 Å². The van der Waals surface area contributed by atoms with Crippen LogP contribution in [0.2, 0.25) is 5.02 Å². The van der Waals surface area contributed by atoms with Crippen LogP contribution in [0.3, 0.4) is 0 Å². The number of hydrogen-bond donors (Lipinski definition) is 2. The summed E-state index contributed by atoms with van der Waals surface area (Å²) in [4.78, 5) is 33.8. The van der Waals surface area contributed by atoms with Gasteiger partial charge in [0.1, 0.15) is 12.2 Å². The van der Waals surface area contributed by atoms with Crippen LogP contribution in [0.4, 0.5) is 24.5 Å². The molecule has 0 radical (unpaired) electrons. The molecule has 1 saturated heterocycles. The average Bonchev–Trinajstić information content (AvgIpc) is 3.38. The fraction of sp³-hybridized carbons (Fsp3) is 0.462. The van der Waals surface area contributed by atoms with Gasteiger partial charge in [-0.2, -0.15) is 22.7 Å². The third kappa shape index (κ3) is 5.45. The summed E-state index contributed by atoms with van der Waals surface area (Å²) in [6.07, 6.45) is -1.69. The van der Waals surface area contributed by atoms with Crippen LogP contribution in [0.15, 0.2) is 29.1 Å². The summed E-state index contributed by atoms with van der Waals surface area (Å²) in [5, 5.41) is 10.2. The van der Waals surface area contributed by atoms with Crippen molar-refractivity contribution < 1.29 is 22.7 Å². The fourth-order valence-electron chi connectivity index (χ4n) is 5.07. The van der Waals surface area contributed by atoms with Crippen LogP contribution in [0, 0.1) is 0 Å². The minimum Gasteiger partial charge on any atom is -0.377 e. The number of rotatable bonds is 6. The summed E-state index contributed by atoms with van der Waals surface area (Å²) >= 11 is 6.07. The van der Waals surface area contributed by atoms with Crippen LogP contribution >= 0.6 is 11.6 Å². The summed E-state index contributed by atoms with van der Waals surface area (Å²) in [5.74, 6) is 0.0356. The highest BCUT2D eigenvalue weighted by Crippen LogP contribution is 2.34. The van der Waals surface area contributed by atoms with Crippen molar-refractivity contribution in [1.82, 2.24) is 24.5 Å². The number of nitrogens with one attached hydrogen (secondary N) is 2. The molecular weight excluding hydrogens is 551 g/mol. The smallest absolute Gasteiger partial charge is 0.377 e. The largest absolute Gasteiger partial charge is 0.416 e. The molecule has 1 unspecified atom stereocenters. The first-order valence-electron chi connectivity index (χ1n) is 13.0. The molecule has 1 amide bonds. The minimum absolute atomic E-state index is 0.0126. The van der Waals surface area contributed by atoms with Crippen molar-refractivity contribution in [1.29, 1.82) is 0 Å². The Bertz CT molecular complexity index is 1530. The van der Waals surface area contributed by atoms with Crippen LogP contribution in [-0.2, 0) is 28.7 Å². The van der Waals surface area contributed by atoms with Gasteiger partial charge in [-0.1, -0.05) is 24.6 Å². The molecule has 10 nitrogen and oxygen atoms in total. The van der Waals surface area contributed by atoms with E-state index in [4.69, 9.17) is 16.3 Å². The Labute approximate surface area is 232 Å². The second-order valence-corrected chi connectivity index (χ2v) is 10.1. The Morgan fingerprint density at radius 3 is 2.77 bits per heavy atom. The van der Waals surface area contributed by atoms with Gasteiger partial charge in [-0.25, -0.2) is 0 Å². The Morgan fingerprint density at radius 2 is 2.12 bits per heavy atom. The standard InChI is InChI=1S/C26H29ClF3N7O3/c1-3-20-22(35-9-8-31-13-15(35)2)24(39)37-25(33-23(34-37)16-6-10-40-11-7-16)36(20)14-21(38)32-19-5-4-17(12-18(19)27)26(28,29)30/h4-6,12,15,31H,3,7-11,13-14H2,1-2H3,(H,32,38). The Kier molecular flexibility index (Phi) is 7.89. The van der Waals surface area contributed by atoms with E-state index in [2.05, 4.69) is 20.7 Å². The second-order valence-electron chi connectivity index (χ2n) is 9.73. The first-order chi connectivity index (χ1) is 19.1. The quantitative estimate of drug-likeness (QED) is 0.461. The number of amides is 1. The van der Waals surface area contributed by atoms with Crippen molar-refractivity contribution >= 4 is 40.2 Å². The van der Waals surface area contributed by atoms with E-state index in [0.29, 0.717) is 62.9 Å². The van der Waals surface area contributed by atoms with Crippen LogP contribution in [0.5, 0.6) is 0 Å². The van der Waals surface area contributed by atoms with Crippen molar-refractivity contribution in [2.24, 2.45) is 0 Å². The first-order valence-corrected chi connectivity index (χ1v) is 13.4. The van der Waals surface area contributed by atoms with Crippen LogP contribution in [0.1, 0.15) is 37.4 Å². The van der Waals surface area contributed by atoms with E-state index in [1.54, 1.807) is 4.57 Å². The number of hydrogen-bond acceptors (Lipinski definition) is 7. The molecule has 2 aliphatic rings. The molecule has 0 spiro atoms. The highest BCUT2D eigenvalue weighted by atomic mass is 35.5. The average molecular weight is 580 g/mol. The number of carbonyl (C=O) groups excluding carboxylic acids is 1. The normalized spacial score (nSPS) is 18.2. The van der Waals surface area contributed by atoms with E-state index < -0.39 is 17.6 Å². The van der Waals surface area contributed by atoms with Crippen LogP contribution in [-0.4, -0.2) is 64.0 Å². The number of benzene rings is 1. The predicted molar refractivity (Wildman–Crippen MR) is 145 cm³/mol. The first kappa shape index (κ1) is 28.1. The fourth-order valence-corrected chi connectivity index (χ4v) is 5.29. The molecule has 2 N–H and O–H groups in total. The Morgan fingerprint density at radius 1 is 1.32 bits per heavy atom. The molecule has 0 aliphatic carbocycles. The predicted octanol–water partition coefficient (Wildman–Crippen LogP) is 3.37. The molecule has 4 heterocycles. The highest BCUT2D eigenvalue weighted by Gasteiger charge is 2.32. The third-order valence-corrected chi connectivity index (χ3v) is 7.38. The molecule has 0 saturated carbocycles. The maximum Gasteiger partial charge on any atom is 0.416 e. The Hall–Kier alpha value is -3.42. The molecule has 40 heavy (non-hydrogen) atoms. The lowest BCUT2D eigenvalue weighted by Gasteiger charge is -2.36. The van der Waals surface area contributed by atoms with E-state index in [0.717, 1.165) is 23.8 Å². The van der Waals surface area contributed by atoms with Gasteiger partial charge in [-0.15, -0.1) is 5.10 Å². The molecule has 1 atom stereocenters. The van der Waals surface area contributed by atoms with E-state index in [1.807, 2.05) is 24.8 Å². The number of piperazine rings is 1. The summed E-state index contributed by atoms with van der Waals surface area (Å²) in [6.45, 7) is 6.52. The monoisotopic (exact) mass is 579 g/mol. The van der Waals surface area contributed by atoms with Crippen molar-refractivity contribution in [3.05, 3.63) is 56.7 Å². The minimum atomic E-state index is -4.56. The molecular formula is C26H29ClF3N7O3. The van der Waals surface area contributed by atoms with Gasteiger partial charge in [0.15, 0.2) is 5.82 Å². The number of ether oxygens (including phenoxy) is 1. The summed E-state index contributed by atoms with van der Waals surface area (Å²) < 4.78 is 47.4. The topological polar surface area (TPSA) is 106 Å². The number of alkyl halides is 3. The number of carbonyl (C=O) groups is 1. The maximum absolute atomic E-state index is 13.9. The number of fused-ring (bicyclic) bond motifs is 1. The third-order valence-electron chi connectivity index (χ3n) is 7.07. The molecule has 3 aromatic rings. The number of halogens is 4. The van der Waals surface area contributed by atoms with Crippen molar-refractivity contribution in [2.45, 2.75) is 45.5 Å². The lowest BCUT2D eigenvalue weighted by Crippen LogP contribution is -2.52. The summed E-state index contributed by atoms with van der Waals surface area (Å²) in [5.41, 5.74) is 0.701. The second kappa shape index (κ2) is 11.2. The molecule has 214 valence electrons. The zero-order chi connectivity index (χ0) is 28.6. The molecule has 1 aromatic carbocycles. The van der Waals surface area contributed by atoms with Gasteiger partial charge in [-0.05, 0) is 43.5 Å². The number of nitrogens with zero attached hydrogens (tertiary/aromatic N) is 5. The molecule has 2 aliphatic heterocycles. The molecule has 14 heteroatoms. The summed E-state index contributed by atoms with van der Waals surface area (Å²) in [7, 11) is 0. The zero-order valence-electron chi connectivity index (χ0n) is 22.0. The lowest BCUT2D eigenvalue weighted by atomic mass is 10.1. The van der Waals surface area contributed by atoms with E-state index in [1.165, 1.54) is 4.52 Å². The molecule has 1 fully saturated rings. The summed E-state index contributed by atoms with van der Waals surface area (Å²) in [6, 6.07) is 2.75. The van der Waals surface area contributed by atoms with Gasteiger partial charge in [0.2, 0.25) is 11.7 Å². The maximum atomic E-state index is 13.9. The number of aromatic nitrogens is 4. The highest BCUT2D eigenvalue weighted by molar-refractivity contribution is 6.33. The van der Waals surface area contributed by atoms with Crippen molar-refractivity contribution in [2.75, 3.05) is 43.1 Å². The van der Waals surface area contributed by atoms with E-state index in [-0.39, 0.29) is 34.6 Å². The van der Waals surface area contributed by atoms with Gasteiger partial charge in [0.25, 0.3) is 5.56 Å². The molecule has 2 aromatic heterocycles.